The second-order valence-corrected chi connectivity index (χ2v) is 6.13. The Kier molecular flexibility index (Phi) is 5.07. The fourth-order valence-electron chi connectivity index (χ4n) is 1.90. The maximum atomic E-state index is 5.66. The minimum atomic E-state index is 0.0185. The van der Waals surface area contributed by atoms with E-state index < -0.39 is 0 Å². The van der Waals surface area contributed by atoms with Gasteiger partial charge in [0.1, 0.15) is 0 Å². The lowest BCUT2D eigenvalue weighted by atomic mass is 10.0. The molecule has 106 valence electrons. The molecule has 2 heterocycles. The molecule has 1 aromatic rings. The van der Waals surface area contributed by atoms with Crippen molar-refractivity contribution in [2.24, 2.45) is 5.92 Å². The Morgan fingerprint density at radius 3 is 2.74 bits per heavy atom. The zero-order chi connectivity index (χ0) is 13.7. The van der Waals surface area contributed by atoms with E-state index >= 15 is 0 Å². The van der Waals surface area contributed by atoms with Gasteiger partial charge in [0, 0.05) is 6.54 Å². The smallest absolute Gasteiger partial charge is 0.323 e. The molecule has 1 fully saturated rings. The Morgan fingerprint density at radius 1 is 1.32 bits per heavy atom. The van der Waals surface area contributed by atoms with E-state index in [1.165, 1.54) is 24.3 Å². The summed E-state index contributed by atoms with van der Waals surface area (Å²) in [6, 6.07) is 0.282. The van der Waals surface area contributed by atoms with Crippen LogP contribution in [0.2, 0.25) is 0 Å². The lowest BCUT2D eigenvalue weighted by Gasteiger charge is -2.21. The summed E-state index contributed by atoms with van der Waals surface area (Å²) in [5.41, 5.74) is 5.66. The van der Waals surface area contributed by atoms with Gasteiger partial charge in [-0.3, -0.25) is 0 Å². The molecule has 0 saturated carbocycles. The van der Waals surface area contributed by atoms with Crippen molar-refractivity contribution in [2.45, 2.75) is 32.8 Å². The summed E-state index contributed by atoms with van der Waals surface area (Å²) >= 11 is 2.02. The number of ether oxygens (including phenoxy) is 1. The van der Waals surface area contributed by atoms with Crippen molar-refractivity contribution in [3.63, 3.8) is 0 Å². The number of aromatic nitrogens is 3. The van der Waals surface area contributed by atoms with Crippen molar-refractivity contribution in [3.05, 3.63) is 0 Å². The molecule has 0 spiro atoms. The average molecular weight is 283 g/mol. The Balaban J connectivity index is 1.93. The predicted molar refractivity (Wildman–Crippen MR) is 78.5 cm³/mol. The summed E-state index contributed by atoms with van der Waals surface area (Å²) < 4.78 is 5.44. The molecular formula is C12H21N5OS. The fourth-order valence-corrected chi connectivity index (χ4v) is 3.10. The van der Waals surface area contributed by atoms with Crippen LogP contribution in [0.3, 0.4) is 0 Å². The largest absolute Gasteiger partial charge is 0.461 e. The van der Waals surface area contributed by atoms with Crippen LogP contribution < -0.4 is 15.8 Å². The van der Waals surface area contributed by atoms with Crippen LogP contribution in [0.15, 0.2) is 0 Å². The summed E-state index contributed by atoms with van der Waals surface area (Å²) in [5.74, 6) is 3.86. The maximum absolute atomic E-state index is 5.66. The quantitative estimate of drug-likeness (QED) is 0.852. The van der Waals surface area contributed by atoms with Crippen LogP contribution in [-0.2, 0) is 0 Å². The van der Waals surface area contributed by atoms with Crippen LogP contribution in [0, 0.1) is 5.92 Å². The molecule has 0 atom stereocenters. The lowest BCUT2D eigenvalue weighted by molar-refractivity contribution is 0.222. The van der Waals surface area contributed by atoms with Crippen molar-refractivity contribution in [1.82, 2.24) is 15.0 Å². The molecule has 3 N–H and O–H groups in total. The molecule has 1 aromatic heterocycles. The van der Waals surface area contributed by atoms with Crippen LogP contribution in [0.1, 0.15) is 26.7 Å². The monoisotopic (exact) mass is 283 g/mol. The highest BCUT2D eigenvalue weighted by Gasteiger charge is 2.14. The molecule has 0 unspecified atom stereocenters. The minimum absolute atomic E-state index is 0.0185. The minimum Gasteiger partial charge on any atom is -0.461 e. The molecule has 0 aliphatic carbocycles. The molecule has 0 amide bonds. The number of nitrogens with two attached hydrogens (primary N) is 1. The summed E-state index contributed by atoms with van der Waals surface area (Å²) in [5, 5.41) is 3.24. The van der Waals surface area contributed by atoms with Crippen LogP contribution in [-0.4, -0.2) is 39.1 Å². The van der Waals surface area contributed by atoms with Crippen LogP contribution in [0.5, 0.6) is 6.01 Å². The van der Waals surface area contributed by atoms with Crippen LogP contribution >= 0.6 is 11.8 Å². The van der Waals surface area contributed by atoms with E-state index in [0.717, 1.165) is 6.54 Å². The van der Waals surface area contributed by atoms with Crippen LogP contribution in [0.4, 0.5) is 11.9 Å². The molecule has 2 rings (SSSR count). The normalized spacial score (nSPS) is 16.6. The molecule has 6 nitrogen and oxygen atoms in total. The van der Waals surface area contributed by atoms with E-state index in [0.29, 0.717) is 11.9 Å². The number of thioether (sulfide) groups is 1. The lowest BCUT2D eigenvalue weighted by Crippen LogP contribution is -2.21. The number of hydrogen-bond acceptors (Lipinski definition) is 7. The van der Waals surface area contributed by atoms with E-state index in [4.69, 9.17) is 10.5 Å². The van der Waals surface area contributed by atoms with Crippen molar-refractivity contribution in [1.29, 1.82) is 0 Å². The van der Waals surface area contributed by atoms with Gasteiger partial charge < -0.3 is 15.8 Å². The zero-order valence-electron chi connectivity index (χ0n) is 11.4. The van der Waals surface area contributed by atoms with Gasteiger partial charge >= 0.3 is 6.01 Å². The summed E-state index contributed by atoms with van der Waals surface area (Å²) in [4.78, 5) is 12.3. The Hall–Kier alpha value is -1.24. The third-order valence-electron chi connectivity index (χ3n) is 2.86. The van der Waals surface area contributed by atoms with Gasteiger partial charge in [-0.05, 0) is 44.1 Å². The van der Waals surface area contributed by atoms with Crippen molar-refractivity contribution in [2.75, 3.05) is 29.1 Å². The molecule has 0 aromatic carbocycles. The molecule has 1 saturated heterocycles. The summed E-state index contributed by atoms with van der Waals surface area (Å²) in [6.45, 7) is 4.73. The third-order valence-corrected chi connectivity index (χ3v) is 3.91. The van der Waals surface area contributed by atoms with Crippen molar-refractivity contribution < 1.29 is 4.74 Å². The first kappa shape index (κ1) is 14.2. The standard InChI is InChI=1S/C12H21N5OS/c1-8(2)18-12-16-10(13)15-11(17-12)14-7-9-3-5-19-6-4-9/h8-9H,3-7H2,1-2H3,(H3,13,14,15,16,17). The Morgan fingerprint density at radius 2 is 2.05 bits per heavy atom. The highest BCUT2D eigenvalue weighted by atomic mass is 32.2. The molecule has 19 heavy (non-hydrogen) atoms. The van der Waals surface area contributed by atoms with Gasteiger partial charge in [-0.15, -0.1) is 0 Å². The second kappa shape index (κ2) is 6.79. The number of hydrogen-bond donors (Lipinski definition) is 2. The Labute approximate surface area is 117 Å². The summed E-state index contributed by atoms with van der Waals surface area (Å²) in [7, 11) is 0. The van der Waals surface area contributed by atoms with Gasteiger partial charge in [0.2, 0.25) is 11.9 Å². The van der Waals surface area contributed by atoms with Gasteiger partial charge in [0.05, 0.1) is 6.10 Å². The van der Waals surface area contributed by atoms with Crippen LogP contribution in [0.25, 0.3) is 0 Å². The summed E-state index contributed by atoms with van der Waals surface area (Å²) in [6.07, 6.45) is 2.51. The maximum Gasteiger partial charge on any atom is 0.323 e. The Bertz CT molecular complexity index is 409. The van der Waals surface area contributed by atoms with E-state index in [1.807, 2.05) is 25.6 Å². The van der Waals surface area contributed by atoms with Gasteiger partial charge in [-0.2, -0.15) is 26.7 Å². The average Bonchev–Trinajstić information content (AvgIpc) is 2.36. The number of anilines is 2. The zero-order valence-corrected chi connectivity index (χ0v) is 12.2. The first-order valence-corrected chi connectivity index (χ1v) is 7.79. The SMILES string of the molecule is CC(C)Oc1nc(N)nc(NCC2CCSCC2)n1. The fraction of sp³-hybridized carbons (Fsp3) is 0.750. The van der Waals surface area contributed by atoms with E-state index in [-0.39, 0.29) is 18.1 Å². The second-order valence-electron chi connectivity index (χ2n) is 4.90. The number of nitrogens with one attached hydrogen (secondary N) is 1. The topological polar surface area (TPSA) is 86.0 Å². The van der Waals surface area contributed by atoms with Crippen molar-refractivity contribution >= 4 is 23.7 Å². The molecule has 1 aliphatic heterocycles. The van der Waals surface area contributed by atoms with E-state index in [2.05, 4.69) is 20.3 Å². The molecule has 0 bridgehead atoms. The molecular weight excluding hydrogens is 262 g/mol. The molecule has 0 radical (unpaired) electrons. The van der Waals surface area contributed by atoms with Gasteiger partial charge in [0.15, 0.2) is 0 Å². The third kappa shape index (κ3) is 4.74. The first-order chi connectivity index (χ1) is 9.13. The highest BCUT2D eigenvalue weighted by molar-refractivity contribution is 7.99. The van der Waals surface area contributed by atoms with E-state index in [1.54, 1.807) is 0 Å². The van der Waals surface area contributed by atoms with Crippen molar-refractivity contribution in [3.8, 4) is 6.01 Å². The highest BCUT2D eigenvalue weighted by Crippen LogP contribution is 2.22. The number of rotatable bonds is 5. The molecule has 1 aliphatic rings. The van der Waals surface area contributed by atoms with Gasteiger partial charge in [0.25, 0.3) is 0 Å². The molecule has 7 heteroatoms. The van der Waals surface area contributed by atoms with Gasteiger partial charge in [-0.25, -0.2) is 0 Å². The first-order valence-electron chi connectivity index (χ1n) is 6.63. The number of nitrogens with zero attached hydrogens (tertiary/aromatic N) is 3. The predicted octanol–water partition coefficient (Wildman–Crippen LogP) is 1.80. The van der Waals surface area contributed by atoms with Gasteiger partial charge in [-0.1, -0.05) is 0 Å². The number of nitrogen functional groups attached to an aromatic ring is 1. The van der Waals surface area contributed by atoms with E-state index in [9.17, 15) is 0 Å².